The second-order valence-corrected chi connectivity index (χ2v) is 14.5. The van der Waals surface area contributed by atoms with Crippen LogP contribution in [0.5, 0.6) is 0 Å². The van der Waals surface area contributed by atoms with Crippen LogP contribution in [0.2, 0.25) is 0 Å². The van der Waals surface area contributed by atoms with Gasteiger partial charge in [0, 0.05) is 60.5 Å². The van der Waals surface area contributed by atoms with Crippen LogP contribution in [0.4, 0.5) is 17.1 Å². The number of aromatic nitrogens is 1. The minimum absolute atomic E-state index is 0.865. The third-order valence-corrected chi connectivity index (χ3v) is 11.4. The number of para-hydroxylation sites is 5. The van der Waals surface area contributed by atoms with E-state index < -0.39 is 0 Å². The largest absolute Gasteiger partial charge is 0.456 e. The summed E-state index contributed by atoms with van der Waals surface area (Å²) in [6, 6.07) is 69.1. The van der Waals surface area contributed by atoms with Crippen molar-refractivity contribution in [2.45, 2.75) is 0 Å². The standard InChI is InChI=1S/C52H32N2O2/c1-2-13-34-31-51-44(30-33(34)12-1)43-19-11-18-42(52(43)56-51)40-16-5-7-20-46(40)53(37-28-29-50-45(32-37)41-17-6-10-23-49(41)55-50)35-24-26-36(27-25-35)54-47-21-8-3-14-38(47)39-15-4-9-22-48(39)54/h1-32H. The molecule has 262 valence electrons. The lowest BCUT2D eigenvalue weighted by atomic mass is 9.98. The number of hydrogen-bond donors (Lipinski definition) is 0. The zero-order valence-corrected chi connectivity index (χ0v) is 30.2. The second-order valence-electron chi connectivity index (χ2n) is 14.5. The Labute approximate surface area is 321 Å². The van der Waals surface area contributed by atoms with E-state index in [1.54, 1.807) is 0 Å². The molecule has 56 heavy (non-hydrogen) atoms. The Kier molecular flexibility index (Phi) is 6.60. The Morgan fingerprint density at radius 1 is 0.357 bits per heavy atom. The average molecular weight is 717 g/mol. The molecule has 0 aliphatic rings. The van der Waals surface area contributed by atoms with Crippen LogP contribution in [-0.4, -0.2) is 4.57 Å². The highest BCUT2D eigenvalue weighted by molar-refractivity contribution is 6.14. The zero-order valence-electron chi connectivity index (χ0n) is 30.2. The van der Waals surface area contributed by atoms with Gasteiger partial charge < -0.3 is 18.3 Å². The molecule has 0 N–H and O–H groups in total. The zero-order chi connectivity index (χ0) is 36.7. The van der Waals surface area contributed by atoms with Crippen molar-refractivity contribution in [3.63, 3.8) is 0 Å². The molecule has 0 saturated heterocycles. The van der Waals surface area contributed by atoms with E-state index in [0.717, 1.165) is 77.8 Å². The van der Waals surface area contributed by atoms with Crippen LogP contribution in [0, 0.1) is 0 Å². The number of furan rings is 2. The van der Waals surface area contributed by atoms with Crippen molar-refractivity contribution in [1.82, 2.24) is 4.57 Å². The Morgan fingerprint density at radius 3 is 1.75 bits per heavy atom. The molecule has 4 nitrogen and oxygen atoms in total. The first-order valence-corrected chi connectivity index (χ1v) is 19.0. The Morgan fingerprint density at radius 2 is 0.946 bits per heavy atom. The van der Waals surface area contributed by atoms with Gasteiger partial charge in [0.1, 0.15) is 22.3 Å². The molecule has 0 amide bonds. The third kappa shape index (κ3) is 4.60. The summed E-state index contributed by atoms with van der Waals surface area (Å²) in [5, 5.41) is 9.25. The van der Waals surface area contributed by atoms with Crippen molar-refractivity contribution in [2.24, 2.45) is 0 Å². The monoisotopic (exact) mass is 716 g/mol. The van der Waals surface area contributed by atoms with Gasteiger partial charge in [0.2, 0.25) is 0 Å². The first kappa shape index (κ1) is 30.9. The van der Waals surface area contributed by atoms with Gasteiger partial charge in [-0.05, 0) is 89.6 Å². The number of nitrogens with zero attached hydrogens (tertiary/aromatic N) is 2. The van der Waals surface area contributed by atoms with Crippen LogP contribution in [0.3, 0.4) is 0 Å². The predicted octanol–water partition coefficient (Wildman–Crippen LogP) is 14.9. The fourth-order valence-corrected chi connectivity index (χ4v) is 8.82. The van der Waals surface area contributed by atoms with Crippen LogP contribution in [-0.2, 0) is 0 Å². The predicted molar refractivity (Wildman–Crippen MR) is 233 cm³/mol. The SMILES string of the molecule is c1ccc(N(c2ccc(-n3c4ccccc4c4ccccc43)cc2)c2ccc3oc4ccccc4c3c2)c(-c2cccc3c2oc2cc4ccccc4cc23)c1. The molecule has 12 rings (SSSR count). The van der Waals surface area contributed by atoms with Crippen molar-refractivity contribution in [1.29, 1.82) is 0 Å². The van der Waals surface area contributed by atoms with Crippen LogP contribution in [0.25, 0.3) is 93.3 Å². The van der Waals surface area contributed by atoms with E-state index in [1.807, 2.05) is 12.1 Å². The summed E-state index contributed by atoms with van der Waals surface area (Å²) in [7, 11) is 0. The molecule has 0 aliphatic heterocycles. The Balaban J connectivity index is 1.08. The van der Waals surface area contributed by atoms with Crippen LogP contribution in [0.1, 0.15) is 0 Å². The smallest absolute Gasteiger partial charge is 0.143 e. The molecule has 0 radical (unpaired) electrons. The van der Waals surface area contributed by atoms with Crippen LogP contribution >= 0.6 is 0 Å². The average Bonchev–Trinajstić information content (AvgIpc) is 3.93. The molecule has 9 aromatic carbocycles. The van der Waals surface area contributed by atoms with Crippen molar-refractivity contribution in [3.8, 4) is 16.8 Å². The van der Waals surface area contributed by atoms with E-state index in [-0.39, 0.29) is 0 Å². The van der Waals surface area contributed by atoms with Crippen LogP contribution < -0.4 is 4.90 Å². The summed E-state index contributed by atoms with van der Waals surface area (Å²) in [6.45, 7) is 0. The first-order chi connectivity index (χ1) is 27.8. The second kappa shape index (κ2) is 12.0. The summed E-state index contributed by atoms with van der Waals surface area (Å²) >= 11 is 0. The number of anilines is 3. The third-order valence-electron chi connectivity index (χ3n) is 11.4. The Bertz CT molecular complexity index is 3440. The minimum atomic E-state index is 0.865. The maximum absolute atomic E-state index is 6.78. The molecular weight excluding hydrogens is 685 g/mol. The van der Waals surface area contributed by atoms with Gasteiger partial charge in [0.05, 0.1) is 16.7 Å². The van der Waals surface area contributed by atoms with E-state index in [9.17, 15) is 0 Å². The number of rotatable bonds is 5. The molecule has 0 aliphatic carbocycles. The maximum atomic E-state index is 6.78. The van der Waals surface area contributed by atoms with Crippen molar-refractivity contribution >= 4 is 93.5 Å². The molecular formula is C52H32N2O2. The van der Waals surface area contributed by atoms with Crippen molar-refractivity contribution in [2.75, 3.05) is 4.90 Å². The van der Waals surface area contributed by atoms with E-state index >= 15 is 0 Å². The van der Waals surface area contributed by atoms with Gasteiger partial charge in [-0.15, -0.1) is 0 Å². The highest BCUT2D eigenvalue weighted by Crippen LogP contribution is 2.46. The van der Waals surface area contributed by atoms with Gasteiger partial charge in [-0.2, -0.15) is 0 Å². The first-order valence-electron chi connectivity index (χ1n) is 19.0. The van der Waals surface area contributed by atoms with E-state index in [2.05, 4.69) is 191 Å². The van der Waals surface area contributed by atoms with E-state index in [0.29, 0.717) is 0 Å². The molecule has 3 aromatic heterocycles. The van der Waals surface area contributed by atoms with Gasteiger partial charge in [-0.3, -0.25) is 0 Å². The normalized spacial score (nSPS) is 11.9. The lowest BCUT2D eigenvalue weighted by molar-refractivity contribution is 0.669. The maximum Gasteiger partial charge on any atom is 0.143 e. The van der Waals surface area contributed by atoms with Gasteiger partial charge in [0.25, 0.3) is 0 Å². The molecule has 0 unspecified atom stereocenters. The minimum Gasteiger partial charge on any atom is -0.456 e. The van der Waals surface area contributed by atoms with Crippen molar-refractivity contribution in [3.05, 3.63) is 194 Å². The number of hydrogen-bond acceptors (Lipinski definition) is 3. The highest BCUT2D eigenvalue weighted by atomic mass is 16.3. The van der Waals surface area contributed by atoms with Gasteiger partial charge in [-0.1, -0.05) is 115 Å². The van der Waals surface area contributed by atoms with Gasteiger partial charge in [0.15, 0.2) is 0 Å². The van der Waals surface area contributed by atoms with E-state index in [4.69, 9.17) is 8.83 Å². The summed E-state index contributed by atoms with van der Waals surface area (Å²) in [5.74, 6) is 0. The molecule has 0 spiro atoms. The highest BCUT2D eigenvalue weighted by Gasteiger charge is 2.22. The molecule has 0 atom stereocenters. The lowest BCUT2D eigenvalue weighted by Crippen LogP contribution is -2.11. The molecule has 0 saturated carbocycles. The molecule has 0 fully saturated rings. The molecule has 0 bridgehead atoms. The van der Waals surface area contributed by atoms with E-state index in [1.165, 1.54) is 32.6 Å². The van der Waals surface area contributed by atoms with Gasteiger partial charge >= 0.3 is 0 Å². The van der Waals surface area contributed by atoms with Gasteiger partial charge in [-0.25, -0.2) is 0 Å². The fourth-order valence-electron chi connectivity index (χ4n) is 8.82. The summed E-state index contributed by atoms with van der Waals surface area (Å²) < 4.78 is 15.4. The molecule has 3 heterocycles. The summed E-state index contributed by atoms with van der Waals surface area (Å²) in [5.41, 5.74) is 12.2. The molecule has 4 heteroatoms. The molecule has 12 aromatic rings. The lowest BCUT2D eigenvalue weighted by Gasteiger charge is -2.28. The number of fused-ring (bicyclic) bond motifs is 10. The topological polar surface area (TPSA) is 34.5 Å². The number of benzene rings is 9. The quantitative estimate of drug-likeness (QED) is 0.178. The van der Waals surface area contributed by atoms with Crippen LogP contribution in [0.15, 0.2) is 203 Å². The summed E-state index contributed by atoms with van der Waals surface area (Å²) in [4.78, 5) is 2.36. The Hall–Kier alpha value is -7.56. The summed E-state index contributed by atoms with van der Waals surface area (Å²) in [6.07, 6.45) is 0. The van der Waals surface area contributed by atoms with Crippen molar-refractivity contribution < 1.29 is 8.83 Å². The fraction of sp³-hybridized carbons (Fsp3) is 0.